The van der Waals surface area contributed by atoms with Crippen LogP contribution in [-0.2, 0) is 9.53 Å². The van der Waals surface area contributed by atoms with Crippen LogP contribution in [0.2, 0.25) is 0 Å². The Kier molecular flexibility index (Phi) is 5.83. The van der Waals surface area contributed by atoms with Crippen LogP contribution in [0.25, 0.3) is 0 Å². The van der Waals surface area contributed by atoms with Gasteiger partial charge in [0.1, 0.15) is 5.75 Å². The Morgan fingerprint density at radius 3 is 2.95 bits per heavy atom. The Morgan fingerprint density at radius 2 is 2.24 bits per heavy atom. The summed E-state index contributed by atoms with van der Waals surface area (Å²) in [6, 6.07) is 7.07. The summed E-state index contributed by atoms with van der Waals surface area (Å²) in [5, 5.41) is 2.89. The molecule has 3 N–H and O–H groups in total. The lowest BCUT2D eigenvalue weighted by atomic mass is 10.3. The fourth-order valence-corrected chi connectivity index (χ4v) is 2.15. The highest BCUT2D eigenvalue weighted by atomic mass is 16.5. The molecule has 1 amide bonds. The van der Waals surface area contributed by atoms with E-state index in [1.807, 2.05) is 0 Å². The van der Waals surface area contributed by atoms with Crippen molar-refractivity contribution in [3.05, 3.63) is 24.3 Å². The summed E-state index contributed by atoms with van der Waals surface area (Å²) in [7, 11) is 0. The van der Waals surface area contributed by atoms with Gasteiger partial charge in [0.05, 0.1) is 13.2 Å². The van der Waals surface area contributed by atoms with Gasteiger partial charge in [0, 0.05) is 37.9 Å². The first kappa shape index (κ1) is 15.6. The van der Waals surface area contributed by atoms with Crippen molar-refractivity contribution in [1.29, 1.82) is 0 Å². The van der Waals surface area contributed by atoms with Crippen LogP contribution < -0.4 is 15.8 Å². The van der Waals surface area contributed by atoms with Crippen LogP contribution in [0.1, 0.15) is 6.92 Å². The smallest absolute Gasteiger partial charge is 0.260 e. The van der Waals surface area contributed by atoms with Crippen LogP contribution in [0.4, 0.5) is 5.69 Å². The number of nitrogens with zero attached hydrogens (tertiary/aromatic N) is 1. The number of anilines is 1. The highest BCUT2D eigenvalue weighted by Gasteiger charge is 2.15. The van der Waals surface area contributed by atoms with Crippen LogP contribution in [0, 0.1) is 0 Å². The van der Waals surface area contributed by atoms with Gasteiger partial charge in [-0.25, -0.2) is 0 Å². The first-order chi connectivity index (χ1) is 10.1. The average molecular weight is 293 g/mol. The normalized spacial score (nSPS) is 17.2. The number of nitrogens with one attached hydrogen (secondary N) is 1. The van der Waals surface area contributed by atoms with E-state index >= 15 is 0 Å². The van der Waals surface area contributed by atoms with E-state index in [-0.39, 0.29) is 5.91 Å². The number of morpholine rings is 1. The highest BCUT2D eigenvalue weighted by Crippen LogP contribution is 2.15. The summed E-state index contributed by atoms with van der Waals surface area (Å²) in [6.07, 6.45) is -0.545. The summed E-state index contributed by atoms with van der Waals surface area (Å²) in [4.78, 5) is 14.2. The minimum absolute atomic E-state index is 0.120. The fraction of sp³-hybridized carbons (Fsp3) is 0.533. The van der Waals surface area contributed by atoms with E-state index in [0.717, 1.165) is 32.8 Å². The third-order valence-corrected chi connectivity index (χ3v) is 3.37. The molecule has 0 spiro atoms. The average Bonchev–Trinajstić information content (AvgIpc) is 2.48. The Bertz CT molecular complexity index is 461. The monoisotopic (exact) mass is 293 g/mol. The zero-order chi connectivity index (χ0) is 15.1. The van der Waals surface area contributed by atoms with Gasteiger partial charge in [0.2, 0.25) is 0 Å². The molecule has 0 bridgehead atoms. The molecule has 116 valence electrons. The topological polar surface area (TPSA) is 76.8 Å². The van der Waals surface area contributed by atoms with Crippen molar-refractivity contribution in [3.8, 4) is 5.75 Å². The van der Waals surface area contributed by atoms with Crippen molar-refractivity contribution < 1.29 is 14.3 Å². The lowest BCUT2D eigenvalue weighted by molar-refractivity contribution is -0.127. The Hall–Kier alpha value is -1.79. The van der Waals surface area contributed by atoms with Crippen LogP contribution in [-0.4, -0.2) is 56.3 Å². The summed E-state index contributed by atoms with van der Waals surface area (Å²) >= 11 is 0. The van der Waals surface area contributed by atoms with Crippen molar-refractivity contribution in [1.82, 2.24) is 10.2 Å². The van der Waals surface area contributed by atoms with Gasteiger partial charge in [-0.15, -0.1) is 0 Å². The summed E-state index contributed by atoms with van der Waals surface area (Å²) < 4.78 is 10.9. The van der Waals surface area contributed by atoms with Crippen LogP contribution in [0.15, 0.2) is 24.3 Å². The van der Waals surface area contributed by atoms with Gasteiger partial charge in [-0.05, 0) is 19.1 Å². The quantitative estimate of drug-likeness (QED) is 0.746. The molecule has 2 rings (SSSR count). The molecular weight excluding hydrogens is 270 g/mol. The number of benzene rings is 1. The molecule has 1 aromatic rings. The maximum Gasteiger partial charge on any atom is 0.260 e. The summed E-state index contributed by atoms with van der Waals surface area (Å²) in [5.74, 6) is 0.483. The predicted molar refractivity (Wildman–Crippen MR) is 81.2 cm³/mol. The molecule has 1 atom stereocenters. The number of amides is 1. The molecule has 6 heteroatoms. The van der Waals surface area contributed by atoms with Gasteiger partial charge in [0.15, 0.2) is 6.10 Å². The minimum atomic E-state index is -0.545. The summed E-state index contributed by atoms with van der Waals surface area (Å²) in [5.41, 5.74) is 6.29. The second-order valence-electron chi connectivity index (χ2n) is 5.08. The predicted octanol–water partition coefficient (Wildman–Crippen LogP) is 0.485. The Balaban J connectivity index is 1.69. The van der Waals surface area contributed by atoms with E-state index in [9.17, 15) is 4.79 Å². The number of carbonyl (C=O) groups is 1. The van der Waals surface area contributed by atoms with E-state index in [0.29, 0.717) is 18.0 Å². The van der Waals surface area contributed by atoms with Crippen molar-refractivity contribution in [2.75, 3.05) is 45.1 Å². The molecule has 6 nitrogen and oxygen atoms in total. The maximum atomic E-state index is 12.0. The third kappa shape index (κ3) is 5.24. The molecule has 0 aliphatic carbocycles. The number of hydrogen-bond acceptors (Lipinski definition) is 5. The number of rotatable bonds is 6. The standard InChI is InChI=1S/C15H23N3O3/c1-12(21-14-4-2-3-13(16)11-14)15(19)17-5-6-18-7-9-20-10-8-18/h2-4,11-12H,5-10,16H2,1H3,(H,17,19)/t12-/m1/s1. The second-order valence-corrected chi connectivity index (χ2v) is 5.08. The molecule has 1 heterocycles. The van der Waals surface area contributed by atoms with Gasteiger partial charge in [-0.1, -0.05) is 6.07 Å². The second kappa shape index (κ2) is 7.85. The molecule has 0 aromatic heterocycles. The number of ether oxygens (including phenoxy) is 2. The Labute approximate surface area is 125 Å². The molecule has 0 unspecified atom stereocenters. The van der Waals surface area contributed by atoms with Gasteiger partial charge in [0.25, 0.3) is 5.91 Å². The van der Waals surface area contributed by atoms with E-state index in [1.54, 1.807) is 31.2 Å². The fourth-order valence-electron chi connectivity index (χ4n) is 2.15. The van der Waals surface area contributed by atoms with Gasteiger partial charge < -0.3 is 20.5 Å². The van der Waals surface area contributed by atoms with Gasteiger partial charge in [-0.2, -0.15) is 0 Å². The molecule has 1 saturated heterocycles. The molecule has 1 aromatic carbocycles. The molecule has 0 saturated carbocycles. The first-order valence-corrected chi connectivity index (χ1v) is 7.25. The largest absolute Gasteiger partial charge is 0.481 e. The van der Waals surface area contributed by atoms with Crippen LogP contribution in [0.3, 0.4) is 0 Å². The van der Waals surface area contributed by atoms with Crippen molar-refractivity contribution in [2.24, 2.45) is 0 Å². The molecule has 1 aliphatic heterocycles. The molecule has 1 fully saturated rings. The Morgan fingerprint density at radius 1 is 1.48 bits per heavy atom. The zero-order valence-electron chi connectivity index (χ0n) is 12.4. The highest BCUT2D eigenvalue weighted by molar-refractivity contribution is 5.80. The van der Waals surface area contributed by atoms with Crippen molar-refractivity contribution >= 4 is 11.6 Å². The maximum absolute atomic E-state index is 12.0. The number of nitrogens with two attached hydrogens (primary N) is 1. The number of carbonyl (C=O) groups excluding carboxylic acids is 1. The van der Waals surface area contributed by atoms with Crippen molar-refractivity contribution in [2.45, 2.75) is 13.0 Å². The van der Waals surface area contributed by atoms with E-state index in [4.69, 9.17) is 15.2 Å². The van der Waals surface area contributed by atoms with Crippen molar-refractivity contribution in [3.63, 3.8) is 0 Å². The lowest BCUT2D eigenvalue weighted by Gasteiger charge is -2.26. The first-order valence-electron chi connectivity index (χ1n) is 7.25. The zero-order valence-corrected chi connectivity index (χ0v) is 12.4. The molecule has 0 radical (unpaired) electrons. The number of hydrogen-bond donors (Lipinski definition) is 2. The van der Waals surface area contributed by atoms with E-state index in [2.05, 4.69) is 10.2 Å². The minimum Gasteiger partial charge on any atom is -0.481 e. The summed E-state index contributed by atoms with van der Waals surface area (Å²) in [6.45, 7) is 6.55. The lowest BCUT2D eigenvalue weighted by Crippen LogP contribution is -2.43. The van der Waals surface area contributed by atoms with Crippen LogP contribution in [0.5, 0.6) is 5.75 Å². The number of nitrogen functional groups attached to an aromatic ring is 1. The van der Waals surface area contributed by atoms with Gasteiger partial charge in [-0.3, -0.25) is 9.69 Å². The molecule has 21 heavy (non-hydrogen) atoms. The van der Waals surface area contributed by atoms with E-state index in [1.165, 1.54) is 0 Å². The third-order valence-electron chi connectivity index (χ3n) is 3.37. The van der Waals surface area contributed by atoms with Crippen LogP contribution >= 0.6 is 0 Å². The molecular formula is C15H23N3O3. The van der Waals surface area contributed by atoms with E-state index < -0.39 is 6.10 Å². The molecule has 1 aliphatic rings. The SMILES string of the molecule is C[C@@H](Oc1cccc(N)c1)C(=O)NCCN1CCOCC1. The van der Waals surface area contributed by atoms with Gasteiger partial charge >= 0.3 is 0 Å².